The summed E-state index contributed by atoms with van der Waals surface area (Å²) in [6.45, 7) is 10.2. The molecule has 1 N–H and O–H groups in total. The molecule has 1 rings (SSSR count). The van der Waals surface area contributed by atoms with Crippen LogP contribution in [0.3, 0.4) is 0 Å². The molecule has 0 aromatic carbocycles. The lowest BCUT2D eigenvalue weighted by Crippen LogP contribution is -2.47. The summed E-state index contributed by atoms with van der Waals surface area (Å²) in [5, 5.41) is 8.29. The number of amidine groups is 1. The lowest BCUT2D eigenvalue weighted by atomic mass is 9.84. The summed E-state index contributed by atoms with van der Waals surface area (Å²) in [5.74, 6) is 1.59. The molecule has 1 aliphatic carbocycles. The minimum Gasteiger partial charge on any atom is -0.298 e. The zero-order chi connectivity index (χ0) is 16.7. The van der Waals surface area contributed by atoms with Crippen LogP contribution < -0.4 is 0 Å². The van der Waals surface area contributed by atoms with Gasteiger partial charge >= 0.3 is 0 Å². The minimum absolute atomic E-state index is 0.0371. The fourth-order valence-electron chi connectivity index (χ4n) is 3.36. The summed E-state index contributed by atoms with van der Waals surface area (Å²) < 4.78 is 0. The maximum atomic E-state index is 12.8. The lowest BCUT2D eigenvalue weighted by Gasteiger charge is -2.33. The molecule has 128 valence electrons. The Balaban J connectivity index is 2.61. The van der Waals surface area contributed by atoms with E-state index in [-0.39, 0.29) is 23.8 Å². The second-order valence-corrected chi connectivity index (χ2v) is 7.49. The van der Waals surface area contributed by atoms with Crippen molar-refractivity contribution >= 4 is 11.7 Å². The molecule has 0 aromatic rings. The van der Waals surface area contributed by atoms with Crippen LogP contribution in [0.1, 0.15) is 86.0 Å². The standard InChI is InChI=1S/C19H36N2O/c1-6-16(5)21(18(20)14(2)3)19(22)15(4)12-13-17-10-8-7-9-11-17/h14-17,20H,6-13H2,1-5H3. The number of amides is 1. The van der Waals surface area contributed by atoms with Crippen molar-refractivity contribution in [3.05, 3.63) is 0 Å². The molecule has 0 aromatic heterocycles. The topological polar surface area (TPSA) is 44.2 Å². The van der Waals surface area contributed by atoms with Crippen molar-refractivity contribution in [2.75, 3.05) is 0 Å². The van der Waals surface area contributed by atoms with Gasteiger partial charge in [0, 0.05) is 17.9 Å². The van der Waals surface area contributed by atoms with Gasteiger partial charge in [-0.25, -0.2) is 0 Å². The van der Waals surface area contributed by atoms with Crippen LogP contribution in [-0.2, 0) is 4.79 Å². The van der Waals surface area contributed by atoms with Crippen LogP contribution >= 0.6 is 0 Å². The highest BCUT2D eigenvalue weighted by atomic mass is 16.2. The Labute approximate surface area is 137 Å². The molecule has 3 nitrogen and oxygen atoms in total. The number of carbonyl (C=O) groups is 1. The van der Waals surface area contributed by atoms with E-state index >= 15 is 0 Å². The van der Waals surface area contributed by atoms with Gasteiger partial charge in [-0.15, -0.1) is 0 Å². The molecule has 1 aliphatic rings. The van der Waals surface area contributed by atoms with Crippen LogP contribution in [0.25, 0.3) is 0 Å². The van der Waals surface area contributed by atoms with Crippen molar-refractivity contribution in [3.8, 4) is 0 Å². The average molecular weight is 309 g/mol. The molecule has 0 bridgehead atoms. The van der Waals surface area contributed by atoms with E-state index in [1.165, 1.54) is 38.5 Å². The number of carbonyl (C=O) groups excluding carboxylic acids is 1. The Bertz CT molecular complexity index is 358. The summed E-state index contributed by atoms with van der Waals surface area (Å²) in [6, 6.07) is 0.125. The van der Waals surface area contributed by atoms with Crippen LogP contribution in [0.5, 0.6) is 0 Å². The van der Waals surface area contributed by atoms with Gasteiger partial charge in [0.15, 0.2) is 0 Å². The van der Waals surface area contributed by atoms with Gasteiger partial charge in [0.1, 0.15) is 5.84 Å². The summed E-state index contributed by atoms with van der Waals surface area (Å²) in [6.07, 6.45) is 9.86. The first-order valence-electron chi connectivity index (χ1n) is 9.29. The van der Waals surface area contributed by atoms with Crippen LogP contribution in [0.15, 0.2) is 0 Å². The highest BCUT2D eigenvalue weighted by molar-refractivity contribution is 5.98. The summed E-state index contributed by atoms with van der Waals surface area (Å²) in [4.78, 5) is 14.6. The van der Waals surface area contributed by atoms with E-state index in [1.54, 1.807) is 4.90 Å². The predicted molar refractivity (Wildman–Crippen MR) is 94.1 cm³/mol. The van der Waals surface area contributed by atoms with Gasteiger partial charge < -0.3 is 0 Å². The van der Waals surface area contributed by atoms with E-state index in [2.05, 4.69) is 13.8 Å². The van der Waals surface area contributed by atoms with Crippen LogP contribution in [-0.4, -0.2) is 22.7 Å². The fourth-order valence-corrected chi connectivity index (χ4v) is 3.36. The third-order valence-electron chi connectivity index (χ3n) is 5.23. The first-order valence-corrected chi connectivity index (χ1v) is 9.29. The van der Waals surface area contributed by atoms with E-state index in [9.17, 15) is 4.79 Å². The molecule has 0 radical (unpaired) electrons. The van der Waals surface area contributed by atoms with Crippen LogP contribution in [0.2, 0.25) is 0 Å². The van der Waals surface area contributed by atoms with Crippen LogP contribution in [0.4, 0.5) is 0 Å². The van der Waals surface area contributed by atoms with Gasteiger partial charge in [-0.3, -0.25) is 15.1 Å². The Morgan fingerprint density at radius 2 is 1.73 bits per heavy atom. The average Bonchev–Trinajstić information content (AvgIpc) is 2.53. The molecule has 0 saturated heterocycles. The molecule has 1 saturated carbocycles. The van der Waals surface area contributed by atoms with Crippen molar-refractivity contribution < 1.29 is 4.79 Å². The van der Waals surface area contributed by atoms with Crippen molar-refractivity contribution in [1.29, 1.82) is 5.41 Å². The predicted octanol–water partition coefficient (Wildman–Crippen LogP) is 5.24. The number of rotatable bonds is 7. The maximum Gasteiger partial charge on any atom is 0.230 e. The number of hydrogen-bond donors (Lipinski definition) is 1. The maximum absolute atomic E-state index is 12.8. The monoisotopic (exact) mass is 308 g/mol. The molecular formula is C19H36N2O. The molecule has 2 atom stereocenters. The van der Waals surface area contributed by atoms with E-state index < -0.39 is 0 Å². The molecular weight excluding hydrogens is 272 g/mol. The molecule has 1 amide bonds. The quantitative estimate of drug-likeness (QED) is 0.507. The third kappa shape index (κ3) is 5.40. The van der Waals surface area contributed by atoms with Crippen molar-refractivity contribution in [1.82, 2.24) is 4.90 Å². The second-order valence-electron chi connectivity index (χ2n) is 7.49. The molecule has 1 fully saturated rings. The van der Waals surface area contributed by atoms with Gasteiger partial charge in [-0.2, -0.15) is 0 Å². The molecule has 3 heteroatoms. The molecule has 0 spiro atoms. The smallest absolute Gasteiger partial charge is 0.230 e. The largest absolute Gasteiger partial charge is 0.298 e. The Hall–Kier alpha value is -0.860. The lowest BCUT2D eigenvalue weighted by molar-refractivity contribution is -0.133. The highest BCUT2D eigenvalue weighted by Gasteiger charge is 2.29. The first kappa shape index (κ1) is 19.2. The van der Waals surface area contributed by atoms with Crippen molar-refractivity contribution in [2.24, 2.45) is 17.8 Å². The summed E-state index contributed by atoms with van der Waals surface area (Å²) in [5.41, 5.74) is 0. The first-order chi connectivity index (χ1) is 10.4. The van der Waals surface area contributed by atoms with Gasteiger partial charge in [-0.05, 0) is 32.1 Å². The number of nitrogens with one attached hydrogen (secondary N) is 1. The van der Waals surface area contributed by atoms with Crippen molar-refractivity contribution in [3.63, 3.8) is 0 Å². The van der Waals surface area contributed by atoms with Gasteiger partial charge in [0.25, 0.3) is 0 Å². The fraction of sp³-hybridized carbons (Fsp3) is 0.895. The summed E-state index contributed by atoms with van der Waals surface area (Å²) >= 11 is 0. The van der Waals surface area contributed by atoms with E-state index in [0.29, 0.717) is 5.84 Å². The number of nitrogens with zero attached hydrogens (tertiary/aromatic N) is 1. The SMILES string of the molecule is CCC(C)N(C(=N)C(C)C)C(=O)C(C)CCC1CCCCC1. The zero-order valence-corrected chi connectivity index (χ0v) is 15.3. The van der Waals surface area contributed by atoms with E-state index in [0.717, 1.165) is 18.8 Å². The van der Waals surface area contributed by atoms with Gasteiger partial charge in [0.05, 0.1) is 0 Å². The van der Waals surface area contributed by atoms with Gasteiger partial charge in [0.2, 0.25) is 5.91 Å². The molecule has 0 aliphatic heterocycles. The normalized spacial score (nSPS) is 19.0. The third-order valence-corrected chi connectivity index (χ3v) is 5.23. The van der Waals surface area contributed by atoms with Crippen molar-refractivity contribution in [2.45, 2.75) is 92.0 Å². The minimum atomic E-state index is 0.0371. The Morgan fingerprint density at radius 3 is 2.23 bits per heavy atom. The Kier molecular flexibility index (Phi) is 8.13. The molecule has 0 heterocycles. The van der Waals surface area contributed by atoms with E-state index in [1.807, 2.05) is 20.8 Å². The zero-order valence-electron chi connectivity index (χ0n) is 15.3. The Morgan fingerprint density at radius 1 is 1.14 bits per heavy atom. The highest BCUT2D eigenvalue weighted by Crippen LogP contribution is 2.29. The van der Waals surface area contributed by atoms with Crippen LogP contribution in [0, 0.1) is 23.2 Å². The van der Waals surface area contributed by atoms with E-state index in [4.69, 9.17) is 5.41 Å². The molecule has 22 heavy (non-hydrogen) atoms. The van der Waals surface area contributed by atoms with Gasteiger partial charge in [-0.1, -0.05) is 59.8 Å². The second kappa shape index (κ2) is 9.32. The number of hydrogen-bond acceptors (Lipinski definition) is 2. The molecule has 2 unspecified atom stereocenters. The summed E-state index contributed by atoms with van der Waals surface area (Å²) in [7, 11) is 0.